The van der Waals surface area contributed by atoms with Gasteiger partial charge in [0.2, 0.25) is 0 Å². The van der Waals surface area contributed by atoms with E-state index >= 15 is 8.78 Å². The summed E-state index contributed by atoms with van der Waals surface area (Å²) in [6.45, 7) is 5.82. The van der Waals surface area contributed by atoms with Gasteiger partial charge < -0.3 is 9.47 Å². The van der Waals surface area contributed by atoms with Crippen LogP contribution >= 0.6 is 0 Å². The molecule has 0 spiro atoms. The zero-order valence-electron chi connectivity index (χ0n) is 33.6. The number of aryl methyl sites for hydroxylation is 2. The lowest BCUT2D eigenvalue weighted by molar-refractivity contribution is -0.276. The number of ether oxygens (including phenoxy) is 2. The lowest BCUT2D eigenvalue weighted by atomic mass is 9.96. The van der Waals surface area contributed by atoms with Crippen molar-refractivity contribution in [1.29, 1.82) is 0 Å². The molecule has 8 aromatic rings. The van der Waals surface area contributed by atoms with Crippen molar-refractivity contribution >= 4 is 21.5 Å². The molecule has 8 rings (SSSR count). The molecule has 2 nitrogen and oxygen atoms in total. The van der Waals surface area contributed by atoms with Gasteiger partial charge >= 0.3 is 12.7 Å². The lowest BCUT2D eigenvalue weighted by Gasteiger charge is -2.12. The standard InChI is InChI=1S/C27H20F4O.C25H17F5O/c1-2-3-4-18-5-7-19(8-6-18)21-11-15-25-22(17-21)12-16-24(26(25)28)20-9-13-23(14-10-20)32-27(29,30)31;1-2-15-3-5-16(6-4-15)17-7-10-20-18(13-17)8-11-21(24(20)27)19-9-12-23(22(26)14-19)31-25(28,29)30/h2,5-17H,1,3-4H2;3-14H,2H2,1H3. The molecule has 0 saturated heterocycles. The van der Waals surface area contributed by atoms with E-state index in [1.165, 1.54) is 47.5 Å². The van der Waals surface area contributed by atoms with E-state index in [4.69, 9.17) is 0 Å². The van der Waals surface area contributed by atoms with Gasteiger partial charge in [0.25, 0.3) is 0 Å². The first-order valence-electron chi connectivity index (χ1n) is 19.7. The molecule has 0 atom stereocenters. The van der Waals surface area contributed by atoms with Crippen molar-refractivity contribution < 1.29 is 49.0 Å². The maximum atomic E-state index is 15.2. The smallest absolute Gasteiger partial charge is 0.406 e. The normalized spacial score (nSPS) is 11.6. The Morgan fingerprint density at radius 2 is 0.937 bits per heavy atom. The minimum absolute atomic E-state index is 0.0880. The summed E-state index contributed by atoms with van der Waals surface area (Å²) >= 11 is 0. The number of benzene rings is 8. The Balaban J connectivity index is 0.000000189. The maximum Gasteiger partial charge on any atom is 0.573 e. The van der Waals surface area contributed by atoms with E-state index in [0.717, 1.165) is 59.0 Å². The molecule has 0 N–H and O–H groups in total. The van der Waals surface area contributed by atoms with Gasteiger partial charge in [0.1, 0.15) is 17.4 Å². The number of allylic oxidation sites excluding steroid dienone is 1. The molecule has 0 bridgehead atoms. The fourth-order valence-corrected chi connectivity index (χ4v) is 7.17. The minimum atomic E-state index is -5.01. The highest BCUT2D eigenvalue weighted by Crippen LogP contribution is 2.36. The molecule has 0 aliphatic rings. The first-order chi connectivity index (χ1) is 30.1. The van der Waals surface area contributed by atoms with E-state index in [1.807, 2.05) is 54.6 Å². The predicted molar refractivity (Wildman–Crippen MR) is 231 cm³/mol. The molecular formula is C52H37F9O2. The summed E-state index contributed by atoms with van der Waals surface area (Å²) in [7, 11) is 0. The number of rotatable bonds is 10. The monoisotopic (exact) mass is 864 g/mol. The Morgan fingerprint density at radius 1 is 0.476 bits per heavy atom. The third kappa shape index (κ3) is 10.7. The second-order valence-corrected chi connectivity index (χ2v) is 14.6. The molecule has 0 aromatic heterocycles. The summed E-state index contributed by atoms with van der Waals surface area (Å²) in [4.78, 5) is 0. The van der Waals surface area contributed by atoms with Crippen LogP contribution in [-0.2, 0) is 12.8 Å². The number of alkyl halides is 6. The molecule has 8 aromatic carbocycles. The Morgan fingerprint density at radius 3 is 1.41 bits per heavy atom. The van der Waals surface area contributed by atoms with Crippen molar-refractivity contribution in [2.75, 3.05) is 0 Å². The lowest BCUT2D eigenvalue weighted by Crippen LogP contribution is -2.17. The van der Waals surface area contributed by atoms with Gasteiger partial charge in [-0.05, 0) is 111 Å². The largest absolute Gasteiger partial charge is 0.573 e. The summed E-state index contributed by atoms with van der Waals surface area (Å²) in [5, 5.41) is 2.19. The first kappa shape index (κ1) is 44.1. The topological polar surface area (TPSA) is 18.5 Å². The fourth-order valence-electron chi connectivity index (χ4n) is 7.17. The van der Waals surface area contributed by atoms with Gasteiger partial charge in [0, 0.05) is 21.9 Å². The summed E-state index contributed by atoms with van der Waals surface area (Å²) in [6, 6.07) is 41.9. The molecule has 11 heteroatoms. The molecule has 0 unspecified atom stereocenters. The molecule has 320 valence electrons. The van der Waals surface area contributed by atoms with E-state index in [2.05, 4.69) is 47.2 Å². The van der Waals surface area contributed by atoms with Crippen LogP contribution in [0.2, 0.25) is 0 Å². The molecule has 0 aliphatic carbocycles. The molecule has 63 heavy (non-hydrogen) atoms. The Labute approximate surface area is 357 Å². The number of halogens is 9. The molecule has 0 radical (unpaired) electrons. The Kier molecular flexibility index (Phi) is 13.0. The van der Waals surface area contributed by atoms with E-state index in [1.54, 1.807) is 30.3 Å². The van der Waals surface area contributed by atoms with Crippen molar-refractivity contribution in [3.8, 4) is 56.0 Å². The minimum Gasteiger partial charge on any atom is -0.406 e. The van der Waals surface area contributed by atoms with E-state index in [-0.39, 0.29) is 16.9 Å². The predicted octanol–water partition coefficient (Wildman–Crippen LogP) is 16.2. The molecule has 0 amide bonds. The van der Waals surface area contributed by atoms with Crippen LogP contribution in [0.25, 0.3) is 66.1 Å². The van der Waals surface area contributed by atoms with Gasteiger partial charge in [0.05, 0.1) is 0 Å². The van der Waals surface area contributed by atoms with Gasteiger partial charge in [-0.15, -0.1) is 32.9 Å². The van der Waals surface area contributed by atoms with Gasteiger partial charge in [-0.3, -0.25) is 0 Å². The Bertz CT molecular complexity index is 2880. The van der Waals surface area contributed by atoms with Crippen molar-refractivity contribution in [2.45, 2.75) is 38.9 Å². The molecule has 0 fully saturated rings. The van der Waals surface area contributed by atoms with Crippen LogP contribution in [0.4, 0.5) is 39.5 Å². The highest BCUT2D eigenvalue weighted by atomic mass is 19.4. The third-order valence-electron chi connectivity index (χ3n) is 10.4. The fraction of sp³-hybridized carbons (Fsp3) is 0.115. The van der Waals surface area contributed by atoms with E-state index in [9.17, 15) is 30.7 Å². The Hall–Kier alpha value is -7.01. The van der Waals surface area contributed by atoms with Crippen molar-refractivity contribution in [3.63, 3.8) is 0 Å². The number of hydrogen-bond acceptors (Lipinski definition) is 2. The van der Waals surface area contributed by atoms with Crippen LogP contribution in [0, 0.1) is 17.5 Å². The van der Waals surface area contributed by atoms with E-state index in [0.29, 0.717) is 27.3 Å². The van der Waals surface area contributed by atoms with Crippen LogP contribution in [0.1, 0.15) is 24.5 Å². The second kappa shape index (κ2) is 18.5. The third-order valence-corrected chi connectivity index (χ3v) is 10.4. The van der Waals surface area contributed by atoms with Crippen LogP contribution < -0.4 is 9.47 Å². The SMILES string of the molecule is C=CCCc1ccc(-c2ccc3c(F)c(-c4ccc(OC(F)(F)F)cc4)ccc3c2)cc1.CCc1ccc(-c2ccc3c(F)c(-c4ccc(OC(F)(F)F)c(F)c4)ccc3c2)cc1. The quantitative estimate of drug-likeness (QED) is 0.101. The number of hydrogen-bond donors (Lipinski definition) is 0. The van der Waals surface area contributed by atoms with Gasteiger partial charge in [-0.1, -0.05) is 128 Å². The summed E-state index contributed by atoms with van der Waals surface area (Å²) in [6.07, 6.45) is -5.07. The van der Waals surface area contributed by atoms with Crippen LogP contribution in [0.15, 0.2) is 164 Å². The van der Waals surface area contributed by atoms with Crippen molar-refractivity contribution in [2.24, 2.45) is 0 Å². The zero-order valence-corrected chi connectivity index (χ0v) is 33.6. The van der Waals surface area contributed by atoms with Crippen LogP contribution in [0.5, 0.6) is 11.5 Å². The first-order valence-corrected chi connectivity index (χ1v) is 19.7. The highest BCUT2D eigenvalue weighted by molar-refractivity contribution is 5.93. The summed E-state index contributed by atoms with van der Waals surface area (Å²) < 4.78 is 126. The van der Waals surface area contributed by atoms with Crippen molar-refractivity contribution in [3.05, 3.63) is 193 Å². The molecular weight excluding hydrogens is 828 g/mol. The van der Waals surface area contributed by atoms with Crippen molar-refractivity contribution in [1.82, 2.24) is 0 Å². The van der Waals surface area contributed by atoms with Gasteiger partial charge in [-0.25, -0.2) is 13.2 Å². The molecule has 0 heterocycles. The molecule has 0 saturated carbocycles. The van der Waals surface area contributed by atoms with Crippen LogP contribution in [-0.4, -0.2) is 12.7 Å². The maximum absolute atomic E-state index is 15.2. The van der Waals surface area contributed by atoms with Crippen LogP contribution in [0.3, 0.4) is 0 Å². The molecule has 0 aliphatic heterocycles. The van der Waals surface area contributed by atoms with Gasteiger partial charge in [0.15, 0.2) is 11.6 Å². The average molecular weight is 865 g/mol. The number of fused-ring (bicyclic) bond motifs is 2. The second-order valence-electron chi connectivity index (χ2n) is 14.6. The average Bonchev–Trinajstić information content (AvgIpc) is 3.26. The zero-order chi connectivity index (χ0) is 44.9. The highest BCUT2D eigenvalue weighted by Gasteiger charge is 2.33. The van der Waals surface area contributed by atoms with Gasteiger partial charge in [-0.2, -0.15) is 0 Å². The summed E-state index contributed by atoms with van der Waals surface area (Å²) in [5.41, 5.74) is 7.40. The summed E-state index contributed by atoms with van der Waals surface area (Å²) in [5.74, 6) is -3.52. The van der Waals surface area contributed by atoms with E-state index < -0.39 is 35.9 Å².